The highest BCUT2D eigenvalue weighted by Crippen LogP contribution is 2.30. The molecule has 2 aromatic heterocycles. The Labute approximate surface area is 226 Å². The number of aromatic nitrogens is 1. The van der Waals surface area contributed by atoms with Gasteiger partial charge in [-0.15, -0.1) is 11.3 Å². The van der Waals surface area contributed by atoms with Gasteiger partial charge in [0.2, 0.25) is 5.91 Å². The standard InChI is InChI=1S/C28H32ClFN4O2S/c1-17-23(15-20(29)16-31-17)32-18(2)25-12-13-26(37-25)28(36)34-24(14-19-6-4-3-5-7-19)27(35)33-22-10-8-21(30)9-11-22/h8-13,15-16,18-19,24,32H,3-7,14H2,1-2H3,(H,33,35)(H,34,36)/t18-,24-/m0/s1. The van der Waals surface area contributed by atoms with E-state index in [0.717, 1.165) is 41.9 Å². The number of amides is 2. The fourth-order valence-electron chi connectivity index (χ4n) is 4.65. The first kappa shape index (κ1) is 27.1. The fraction of sp³-hybridized carbons (Fsp3) is 0.393. The van der Waals surface area contributed by atoms with E-state index in [1.807, 2.05) is 26.0 Å². The van der Waals surface area contributed by atoms with Crippen LogP contribution >= 0.6 is 22.9 Å². The van der Waals surface area contributed by atoms with Crippen molar-refractivity contribution in [2.45, 2.75) is 64.5 Å². The zero-order valence-corrected chi connectivity index (χ0v) is 22.6. The highest BCUT2D eigenvalue weighted by atomic mass is 35.5. The SMILES string of the molecule is Cc1ncc(Cl)cc1N[C@@H](C)c1ccc(C(=O)N[C@@H](CC2CCCCC2)C(=O)Nc2ccc(F)cc2)s1. The lowest BCUT2D eigenvalue weighted by atomic mass is 9.84. The molecule has 3 N–H and O–H groups in total. The van der Waals surface area contributed by atoms with Gasteiger partial charge in [-0.3, -0.25) is 14.6 Å². The third-order valence-electron chi connectivity index (χ3n) is 6.73. The lowest BCUT2D eigenvalue weighted by molar-refractivity contribution is -0.118. The van der Waals surface area contributed by atoms with Gasteiger partial charge in [-0.2, -0.15) is 0 Å². The van der Waals surface area contributed by atoms with Crippen LogP contribution in [-0.4, -0.2) is 22.8 Å². The number of hydrogen-bond donors (Lipinski definition) is 3. The van der Waals surface area contributed by atoms with Gasteiger partial charge in [0.1, 0.15) is 11.9 Å². The molecule has 3 aromatic rings. The number of anilines is 2. The Kier molecular flexibility index (Phi) is 9.16. The molecule has 9 heteroatoms. The average molecular weight is 543 g/mol. The predicted molar refractivity (Wildman–Crippen MR) is 148 cm³/mol. The van der Waals surface area contributed by atoms with Crippen LogP contribution in [0.4, 0.5) is 15.8 Å². The predicted octanol–water partition coefficient (Wildman–Crippen LogP) is 7.12. The van der Waals surface area contributed by atoms with Gasteiger partial charge >= 0.3 is 0 Å². The monoisotopic (exact) mass is 542 g/mol. The summed E-state index contributed by atoms with van der Waals surface area (Å²) in [6.07, 6.45) is 7.80. The average Bonchev–Trinajstić information content (AvgIpc) is 3.39. The van der Waals surface area contributed by atoms with Crippen molar-refractivity contribution in [1.82, 2.24) is 10.3 Å². The summed E-state index contributed by atoms with van der Waals surface area (Å²) in [5.74, 6) is -0.555. The smallest absolute Gasteiger partial charge is 0.262 e. The number of carbonyl (C=O) groups is 2. The summed E-state index contributed by atoms with van der Waals surface area (Å²) in [4.78, 5) is 32.2. The Morgan fingerprint density at radius 3 is 2.59 bits per heavy atom. The number of thiophene rings is 1. The van der Waals surface area contributed by atoms with E-state index in [9.17, 15) is 14.0 Å². The third kappa shape index (κ3) is 7.52. The molecule has 1 aliphatic carbocycles. The highest BCUT2D eigenvalue weighted by molar-refractivity contribution is 7.14. The van der Waals surface area contributed by atoms with Crippen molar-refractivity contribution in [2.24, 2.45) is 5.92 Å². The van der Waals surface area contributed by atoms with E-state index in [-0.39, 0.29) is 23.7 Å². The van der Waals surface area contributed by atoms with E-state index in [2.05, 4.69) is 20.9 Å². The van der Waals surface area contributed by atoms with Gasteiger partial charge in [-0.1, -0.05) is 43.7 Å². The number of pyridine rings is 1. The van der Waals surface area contributed by atoms with Crippen LogP contribution in [0.3, 0.4) is 0 Å². The Morgan fingerprint density at radius 1 is 1.14 bits per heavy atom. The van der Waals surface area contributed by atoms with E-state index in [0.29, 0.717) is 27.9 Å². The van der Waals surface area contributed by atoms with Crippen molar-refractivity contribution < 1.29 is 14.0 Å². The third-order valence-corrected chi connectivity index (χ3v) is 8.20. The Bertz CT molecular complexity index is 1230. The van der Waals surface area contributed by atoms with Gasteiger partial charge in [0.05, 0.1) is 27.3 Å². The van der Waals surface area contributed by atoms with Crippen molar-refractivity contribution in [3.8, 4) is 0 Å². The minimum absolute atomic E-state index is 0.0645. The topological polar surface area (TPSA) is 83.1 Å². The maximum Gasteiger partial charge on any atom is 0.262 e. The summed E-state index contributed by atoms with van der Waals surface area (Å²) < 4.78 is 13.3. The van der Waals surface area contributed by atoms with Crippen molar-refractivity contribution in [1.29, 1.82) is 0 Å². The van der Waals surface area contributed by atoms with Gasteiger partial charge in [0.15, 0.2) is 0 Å². The zero-order chi connectivity index (χ0) is 26.4. The molecule has 0 bridgehead atoms. The van der Waals surface area contributed by atoms with E-state index in [4.69, 9.17) is 11.6 Å². The number of hydrogen-bond acceptors (Lipinski definition) is 5. The number of halogens is 2. The van der Waals surface area contributed by atoms with Crippen LogP contribution in [0.15, 0.2) is 48.7 Å². The maximum absolute atomic E-state index is 13.3. The van der Waals surface area contributed by atoms with Gasteiger partial charge in [-0.25, -0.2) is 4.39 Å². The number of nitrogens with zero attached hydrogens (tertiary/aromatic N) is 1. The minimum Gasteiger partial charge on any atom is -0.376 e. The summed E-state index contributed by atoms with van der Waals surface area (Å²) in [7, 11) is 0. The molecule has 0 radical (unpaired) electrons. The lowest BCUT2D eigenvalue weighted by Crippen LogP contribution is -2.45. The molecular formula is C28H32ClFN4O2S. The van der Waals surface area contributed by atoms with E-state index in [1.165, 1.54) is 42.0 Å². The molecule has 0 saturated heterocycles. The van der Waals surface area contributed by atoms with Gasteiger partial charge < -0.3 is 16.0 Å². The molecule has 1 aliphatic rings. The molecule has 1 fully saturated rings. The molecule has 6 nitrogen and oxygen atoms in total. The number of aryl methyl sites for hydroxylation is 1. The molecule has 2 amide bonds. The normalized spacial score (nSPS) is 15.6. The van der Waals surface area contributed by atoms with Crippen LogP contribution < -0.4 is 16.0 Å². The number of rotatable bonds is 9. The molecule has 0 unspecified atom stereocenters. The van der Waals surface area contributed by atoms with Crippen molar-refractivity contribution in [2.75, 3.05) is 10.6 Å². The number of nitrogens with one attached hydrogen (secondary N) is 3. The first-order chi connectivity index (χ1) is 17.8. The molecule has 196 valence electrons. The molecule has 1 aromatic carbocycles. The zero-order valence-electron chi connectivity index (χ0n) is 21.0. The first-order valence-electron chi connectivity index (χ1n) is 12.6. The maximum atomic E-state index is 13.3. The second-order valence-corrected chi connectivity index (χ2v) is 11.2. The van der Waals surface area contributed by atoms with Crippen LogP contribution in [-0.2, 0) is 4.79 Å². The minimum atomic E-state index is -0.679. The van der Waals surface area contributed by atoms with E-state index in [1.54, 1.807) is 12.3 Å². The van der Waals surface area contributed by atoms with Crippen LogP contribution in [0.25, 0.3) is 0 Å². The van der Waals surface area contributed by atoms with Crippen LogP contribution in [0.1, 0.15) is 71.7 Å². The summed E-state index contributed by atoms with van der Waals surface area (Å²) >= 11 is 7.47. The van der Waals surface area contributed by atoms with Crippen molar-refractivity contribution >= 4 is 46.1 Å². The van der Waals surface area contributed by atoms with Gasteiger partial charge in [-0.05, 0) is 68.7 Å². The van der Waals surface area contributed by atoms with E-state index >= 15 is 0 Å². The molecule has 1 saturated carbocycles. The largest absolute Gasteiger partial charge is 0.376 e. The second-order valence-electron chi connectivity index (χ2n) is 9.62. The quantitative estimate of drug-likeness (QED) is 0.269. The van der Waals surface area contributed by atoms with Crippen LogP contribution in [0, 0.1) is 18.7 Å². The molecular weight excluding hydrogens is 511 g/mol. The lowest BCUT2D eigenvalue weighted by Gasteiger charge is -2.26. The van der Waals surface area contributed by atoms with Crippen LogP contribution in [0.2, 0.25) is 5.02 Å². The van der Waals surface area contributed by atoms with Crippen molar-refractivity contribution in [3.63, 3.8) is 0 Å². The summed E-state index contributed by atoms with van der Waals surface area (Å²) in [6.45, 7) is 3.91. The van der Waals surface area contributed by atoms with Gasteiger partial charge in [0, 0.05) is 16.8 Å². The fourth-order valence-corrected chi connectivity index (χ4v) is 5.72. The summed E-state index contributed by atoms with van der Waals surface area (Å²) in [5, 5.41) is 9.76. The summed E-state index contributed by atoms with van der Waals surface area (Å²) in [6, 6.07) is 10.4. The number of benzene rings is 1. The second kappa shape index (κ2) is 12.5. The molecule has 37 heavy (non-hydrogen) atoms. The molecule has 2 atom stereocenters. The molecule has 2 heterocycles. The molecule has 0 aliphatic heterocycles. The highest BCUT2D eigenvalue weighted by Gasteiger charge is 2.27. The number of carbonyl (C=O) groups excluding carboxylic acids is 2. The Morgan fingerprint density at radius 2 is 1.86 bits per heavy atom. The first-order valence-corrected chi connectivity index (χ1v) is 13.8. The Hall–Kier alpha value is -2.97. The summed E-state index contributed by atoms with van der Waals surface area (Å²) in [5.41, 5.74) is 2.17. The van der Waals surface area contributed by atoms with Crippen LogP contribution in [0.5, 0.6) is 0 Å². The Balaban J connectivity index is 1.44. The van der Waals surface area contributed by atoms with Gasteiger partial charge in [0.25, 0.3) is 5.91 Å². The molecule has 0 spiro atoms. The van der Waals surface area contributed by atoms with Crippen molar-refractivity contribution in [3.05, 3.63) is 74.9 Å². The molecule has 4 rings (SSSR count). The van der Waals surface area contributed by atoms with E-state index < -0.39 is 6.04 Å².